The Labute approximate surface area is 151 Å². The van der Waals surface area contributed by atoms with Gasteiger partial charge in [0.2, 0.25) is 0 Å². The van der Waals surface area contributed by atoms with E-state index in [0.717, 1.165) is 38.8 Å². The van der Waals surface area contributed by atoms with E-state index in [1.807, 2.05) is 0 Å². The highest BCUT2D eigenvalue weighted by atomic mass is 127. The van der Waals surface area contributed by atoms with Crippen LogP contribution >= 0.6 is 24.0 Å². The van der Waals surface area contributed by atoms with Gasteiger partial charge in [-0.2, -0.15) is 0 Å². The molecule has 2 aliphatic heterocycles. The van der Waals surface area contributed by atoms with Crippen LogP contribution in [0.4, 0.5) is 0 Å². The zero-order chi connectivity index (χ0) is 15.0. The summed E-state index contributed by atoms with van der Waals surface area (Å²) in [5.41, 5.74) is 0.366. The van der Waals surface area contributed by atoms with E-state index < -0.39 is 0 Å². The molecule has 7 heteroatoms. The number of methoxy groups -OCH3 is 1. The minimum absolute atomic E-state index is 0. The molecule has 22 heavy (non-hydrogen) atoms. The molecule has 2 rings (SSSR count). The van der Waals surface area contributed by atoms with Gasteiger partial charge in [-0.25, -0.2) is 0 Å². The molecule has 6 nitrogen and oxygen atoms in total. The molecule has 0 bridgehead atoms. The third-order valence-electron chi connectivity index (χ3n) is 4.19. The largest absolute Gasteiger partial charge is 0.382 e. The van der Waals surface area contributed by atoms with Crippen molar-refractivity contribution in [1.29, 1.82) is 0 Å². The Morgan fingerprint density at radius 2 is 2.18 bits per heavy atom. The molecular weight excluding hydrogens is 397 g/mol. The van der Waals surface area contributed by atoms with Gasteiger partial charge in [0.25, 0.3) is 0 Å². The third kappa shape index (κ3) is 5.82. The summed E-state index contributed by atoms with van der Waals surface area (Å²) in [4.78, 5) is 7.04. The van der Waals surface area contributed by atoms with Crippen LogP contribution in [0.15, 0.2) is 4.99 Å². The van der Waals surface area contributed by atoms with Crippen molar-refractivity contribution in [2.45, 2.75) is 19.8 Å². The highest BCUT2D eigenvalue weighted by Crippen LogP contribution is 2.38. The second-order valence-electron chi connectivity index (χ2n) is 5.81. The predicted octanol–water partition coefficient (Wildman–Crippen LogP) is 1.35. The summed E-state index contributed by atoms with van der Waals surface area (Å²) in [6.07, 6.45) is 2.39. The Bertz CT molecular complexity index is 336. The van der Waals surface area contributed by atoms with Gasteiger partial charge in [-0.15, -0.1) is 24.0 Å². The average molecular weight is 427 g/mol. The number of hydrogen-bond acceptors (Lipinski definition) is 4. The van der Waals surface area contributed by atoms with Crippen molar-refractivity contribution in [2.24, 2.45) is 10.4 Å². The molecule has 0 amide bonds. The summed E-state index contributed by atoms with van der Waals surface area (Å²) in [5.74, 6) is 1.01. The van der Waals surface area contributed by atoms with E-state index in [1.165, 1.54) is 12.8 Å². The molecule has 0 aliphatic carbocycles. The van der Waals surface area contributed by atoms with Crippen LogP contribution in [0.25, 0.3) is 0 Å². The number of halogens is 1. The normalized spacial score (nSPS) is 24.8. The highest BCUT2D eigenvalue weighted by molar-refractivity contribution is 14.0. The molecule has 1 N–H and O–H groups in total. The molecule has 0 radical (unpaired) electrons. The first-order valence-corrected chi connectivity index (χ1v) is 7.97. The molecule has 0 aromatic rings. The Balaban J connectivity index is 0.00000242. The lowest BCUT2D eigenvalue weighted by molar-refractivity contribution is 0.0747. The van der Waals surface area contributed by atoms with Crippen LogP contribution in [0, 0.1) is 5.41 Å². The van der Waals surface area contributed by atoms with Gasteiger partial charge in [0.05, 0.1) is 33.0 Å². The molecule has 2 aliphatic rings. The minimum Gasteiger partial charge on any atom is -0.382 e. The second kappa shape index (κ2) is 10.6. The number of nitrogens with one attached hydrogen (secondary N) is 1. The van der Waals surface area contributed by atoms with Crippen LogP contribution in [0.5, 0.6) is 0 Å². The maximum Gasteiger partial charge on any atom is 0.194 e. The van der Waals surface area contributed by atoms with Crippen LogP contribution < -0.4 is 5.32 Å². The van der Waals surface area contributed by atoms with Crippen LogP contribution in [0.2, 0.25) is 0 Å². The number of aliphatic imine (C=N–C) groups is 1. The number of guanidine groups is 1. The van der Waals surface area contributed by atoms with Gasteiger partial charge < -0.3 is 24.4 Å². The monoisotopic (exact) mass is 427 g/mol. The Kier molecular flexibility index (Phi) is 9.62. The average Bonchev–Trinajstić information content (AvgIpc) is 3.12. The number of nitrogens with zero attached hydrogens (tertiary/aromatic N) is 2. The van der Waals surface area contributed by atoms with Crippen molar-refractivity contribution >= 4 is 29.9 Å². The molecular formula is C15H30IN3O3. The predicted molar refractivity (Wildman–Crippen MR) is 98.1 cm³/mol. The second-order valence-corrected chi connectivity index (χ2v) is 5.81. The molecule has 1 atom stereocenters. The highest BCUT2D eigenvalue weighted by Gasteiger charge is 2.42. The standard InChI is InChI=1S/C15H29N3O3.HI/c1-3-16-14(17-6-9-20-11-10-19-2)18-7-4-15(12-18)5-8-21-13-15;/h3-13H2,1-2H3,(H,16,17);1H. The van der Waals surface area contributed by atoms with Crippen LogP contribution in [0.3, 0.4) is 0 Å². The minimum atomic E-state index is 0. The van der Waals surface area contributed by atoms with E-state index >= 15 is 0 Å². The molecule has 1 unspecified atom stereocenters. The van der Waals surface area contributed by atoms with E-state index in [1.54, 1.807) is 7.11 Å². The molecule has 0 aromatic heterocycles. The molecule has 0 aromatic carbocycles. The number of ether oxygens (including phenoxy) is 3. The van der Waals surface area contributed by atoms with Crippen LogP contribution in [-0.2, 0) is 14.2 Å². The molecule has 2 saturated heterocycles. The van der Waals surface area contributed by atoms with Gasteiger partial charge in [-0.3, -0.25) is 4.99 Å². The van der Waals surface area contributed by atoms with E-state index in [0.29, 0.717) is 31.8 Å². The van der Waals surface area contributed by atoms with Crippen molar-refractivity contribution in [3.8, 4) is 0 Å². The Morgan fingerprint density at radius 3 is 2.86 bits per heavy atom. The first-order chi connectivity index (χ1) is 10.3. The Morgan fingerprint density at radius 1 is 1.32 bits per heavy atom. The lowest BCUT2D eigenvalue weighted by atomic mass is 9.87. The summed E-state index contributed by atoms with van der Waals surface area (Å²) in [5, 5.41) is 3.39. The fourth-order valence-electron chi connectivity index (χ4n) is 2.97. The van der Waals surface area contributed by atoms with Crippen LogP contribution in [-0.4, -0.2) is 77.2 Å². The summed E-state index contributed by atoms with van der Waals surface area (Å²) in [6.45, 7) is 9.54. The molecule has 2 heterocycles. The fourth-order valence-corrected chi connectivity index (χ4v) is 2.97. The van der Waals surface area contributed by atoms with Crippen molar-refractivity contribution in [3.63, 3.8) is 0 Å². The summed E-state index contributed by atoms with van der Waals surface area (Å²) in [6, 6.07) is 0. The van der Waals surface area contributed by atoms with Gasteiger partial charge in [-0.1, -0.05) is 0 Å². The smallest absolute Gasteiger partial charge is 0.194 e. The molecule has 2 fully saturated rings. The maximum absolute atomic E-state index is 5.59. The Hall–Kier alpha value is -0.120. The SMILES string of the molecule is CCNC(=NCCOCCOC)N1CCC2(CCOC2)C1.I. The zero-order valence-corrected chi connectivity index (χ0v) is 16.1. The quantitative estimate of drug-likeness (QED) is 0.288. The molecule has 1 spiro atoms. The van der Waals surface area contributed by atoms with Crippen molar-refractivity contribution < 1.29 is 14.2 Å². The van der Waals surface area contributed by atoms with Gasteiger partial charge >= 0.3 is 0 Å². The topological polar surface area (TPSA) is 55.3 Å². The summed E-state index contributed by atoms with van der Waals surface area (Å²) < 4.78 is 16.0. The van der Waals surface area contributed by atoms with Gasteiger partial charge in [-0.05, 0) is 19.8 Å². The summed E-state index contributed by atoms with van der Waals surface area (Å²) >= 11 is 0. The first kappa shape index (κ1) is 19.9. The zero-order valence-electron chi connectivity index (χ0n) is 13.8. The number of likely N-dealkylation sites (tertiary alicyclic amines) is 1. The van der Waals surface area contributed by atoms with Gasteiger partial charge in [0.1, 0.15) is 0 Å². The number of rotatable bonds is 7. The van der Waals surface area contributed by atoms with Crippen molar-refractivity contribution in [3.05, 3.63) is 0 Å². The van der Waals surface area contributed by atoms with E-state index in [-0.39, 0.29) is 24.0 Å². The lowest BCUT2D eigenvalue weighted by Crippen LogP contribution is -2.41. The molecule has 0 saturated carbocycles. The lowest BCUT2D eigenvalue weighted by Gasteiger charge is -2.24. The van der Waals surface area contributed by atoms with E-state index in [4.69, 9.17) is 14.2 Å². The van der Waals surface area contributed by atoms with Gasteiger partial charge in [0.15, 0.2) is 5.96 Å². The van der Waals surface area contributed by atoms with E-state index in [9.17, 15) is 0 Å². The number of hydrogen-bond donors (Lipinski definition) is 1. The van der Waals surface area contributed by atoms with Crippen molar-refractivity contribution in [1.82, 2.24) is 10.2 Å². The van der Waals surface area contributed by atoms with Crippen LogP contribution in [0.1, 0.15) is 19.8 Å². The van der Waals surface area contributed by atoms with Crippen molar-refractivity contribution in [2.75, 3.05) is 66.3 Å². The summed E-state index contributed by atoms with van der Waals surface area (Å²) in [7, 11) is 1.68. The fraction of sp³-hybridized carbons (Fsp3) is 0.933. The third-order valence-corrected chi connectivity index (χ3v) is 4.19. The van der Waals surface area contributed by atoms with E-state index in [2.05, 4.69) is 22.1 Å². The first-order valence-electron chi connectivity index (χ1n) is 7.97. The maximum atomic E-state index is 5.59. The van der Waals surface area contributed by atoms with Gasteiger partial charge in [0, 0.05) is 38.8 Å². The molecule has 130 valence electrons.